The summed E-state index contributed by atoms with van der Waals surface area (Å²) in [5.74, 6) is -0.133. The number of aryl methyl sites for hydroxylation is 1. The van der Waals surface area contributed by atoms with Gasteiger partial charge in [0.1, 0.15) is 0 Å². The lowest BCUT2D eigenvalue weighted by Gasteiger charge is -2.12. The van der Waals surface area contributed by atoms with Crippen LogP contribution in [0.15, 0.2) is 18.5 Å². The van der Waals surface area contributed by atoms with E-state index in [0.717, 1.165) is 17.7 Å². The third-order valence-electron chi connectivity index (χ3n) is 2.21. The van der Waals surface area contributed by atoms with Crippen molar-refractivity contribution in [3.05, 3.63) is 24.0 Å². The second kappa shape index (κ2) is 5.46. The summed E-state index contributed by atoms with van der Waals surface area (Å²) in [5.41, 5.74) is 7.42. The Morgan fingerprint density at radius 3 is 3.00 bits per heavy atom. The molecule has 0 aromatic carbocycles. The first kappa shape index (κ1) is 11.7. The van der Waals surface area contributed by atoms with Gasteiger partial charge in [-0.25, -0.2) is 0 Å². The van der Waals surface area contributed by atoms with Gasteiger partial charge in [0.25, 0.3) is 0 Å². The molecule has 1 aromatic rings. The van der Waals surface area contributed by atoms with Crippen LogP contribution in [-0.2, 0) is 4.79 Å². The Bertz CT molecular complexity index is 338. The molecule has 0 aliphatic carbocycles. The van der Waals surface area contributed by atoms with E-state index >= 15 is 0 Å². The van der Waals surface area contributed by atoms with Crippen LogP contribution in [0.4, 0.5) is 5.69 Å². The average molecular weight is 207 g/mol. The van der Waals surface area contributed by atoms with Gasteiger partial charge in [0.2, 0.25) is 5.91 Å². The van der Waals surface area contributed by atoms with Crippen LogP contribution < -0.4 is 11.1 Å². The van der Waals surface area contributed by atoms with Gasteiger partial charge in [0.05, 0.1) is 6.04 Å². The summed E-state index contributed by atoms with van der Waals surface area (Å²) < 4.78 is 0. The summed E-state index contributed by atoms with van der Waals surface area (Å²) in [6.07, 6.45) is 4.97. The molecule has 0 saturated heterocycles. The molecule has 1 atom stereocenters. The highest BCUT2D eigenvalue weighted by Gasteiger charge is 2.12. The van der Waals surface area contributed by atoms with Crippen molar-refractivity contribution >= 4 is 11.6 Å². The molecule has 0 aliphatic rings. The van der Waals surface area contributed by atoms with Crippen molar-refractivity contribution in [2.75, 3.05) is 5.32 Å². The van der Waals surface area contributed by atoms with Crippen molar-refractivity contribution in [2.24, 2.45) is 5.73 Å². The van der Waals surface area contributed by atoms with Crippen LogP contribution >= 0.6 is 0 Å². The van der Waals surface area contributed by atoms with Crippen molar-refractivity contribution < 1.29 is 4.79 Å². The van der Waals surface area contributed by atoms with Gasteiger partial charge in [-0.05, 0) is 25.0 Å². The number of rotatable bonds is 4. The number of pyridine rings is 1. The summed E-state index contributed by atoms with van der Waals surface area (Å²) in [7, 11) is 0. The first-order valence-electron chi connectivity index (χ1n) is 5.12. The largest absolute Gasteiger partial charge is 0.324 e. The first-order valence-corrected chi connectivity index (χ1v) is 5.12. The van der Waals surface area contributed by atoms with E-state index in [9.17, 15) is 4.79 Å². The monoisotopic (exact) mass is 207 g/mol. The van der Waals surface area contributed by atoms with E-state index in [-0.39, 0.29) is 5.91 Å². The summed E-state index contributed by atoms with van der Waals surface area (Å²) in [4.78, 5) is 15.5. The lowest BCUT2D eigenvalue weighted by molar-refractivity contribution is -0.117. The van der Waals surface area contributed by atoms with Crippen molar-refractivity contribution in [3.63, 3.8) is 0 Å². The summed E-state index contributed by atoms with van der Waals surface area (Å²) in [5, 5.41) is 2.79. The maximum atomic E-state index is 11.6. The standard InChI is InChI=1S/C11H17N3O/c1-3-4-9(12)11(15)14-10-5-6-13-7-8(10)2/h5-7,9H,3-4,12H2,1-2H3,(H,13,14,15)/t9-/m0/s1. The molecule has 4 heteroatoms. The third kappa shape index (κ3) is 3.32. The smallest absolute Gasteiger partial charge is 0.241 e. The van der Waals surface area contributed by atoms with Crippen molar-refractivity contribution in [1.82, 2.24) is 4.98 Å². The van der Waals surface area contributed by atoms with Crippen LogP contribution in [0.3, 0.4) is 0 Å². The van der Waals surface area contributed by atoms with Gasteiger partial charge in [-0.15, -0.1) is 0 Å². The molecular formula is C11H17N3O. The number of aromatic nitrogens is 1. The number of nitrogens with one attached hydrogen (secondary N) is 1. The van der Waals surface area contributed by atoms with Crippen LogP contribution in [0, 0.1) is 6.92 Å². The lowest BCUT2D eigenvalue weighted by atomic mass is 10.1. The minimum Gasteiger partial charge on any atom is -0.324 e. The number of nitrogens with zero attached hydrogens (tertiary/aromatic N) is 1. The van der Waals surface area contributed by atoms with E-state index in [1.165, 1.54) is 0 Å². The normalized spacial score (nSPS) is 12.2. The molecular weight excluding hydrogens is 190 g/mol. The van der Waals surface area contributed by atoms with E-state index in [2.05, 4.69) is 10.3 Å². The molecule has 0 fully saturated rings. The van der Waals surface area contributed by atoms with Crippen LogP contribution in [0.5, 0.6) is 0 Å². The van der Waals surface area contributed by atoms with Gasteiger partial charge in [-0.3, -0.25) is 9.78 Å². The second-order valence-electron chi connectivity index (χ2n) is 3.58. The number of nitrogens with two attached hydrogens (primary N) is 1. The van der Waals surface area contributed by atoms with Gasteiger partial charge < -0.3 is 11.1 Å². The lowest BCUT2D eigenvalue weighted by Crippen LogP contribution is -2.35. The Kier molecular flexibility index (Phi) is 4.24. The maximum absolute atomic E-state index is 11.6. The minimum atomic E-state index is -0.428. The third-order valence-corrected chi connectivity index (χ3v) is 2.21. The number of carbonyl (C=O) groups is 1. The number of anilines is 1. The zero-order chi connectivity index (χ0) is 11.3. The maximum Gasteiger partial charge on any atom is 0.241 e. The molecule has 0 bridgehead atoms. The Morgan fingerprint density at radius 1 is 1.67 bits per heavy atom. The van der Waals surface area contributed by atoms with Gasteiger partial charge in [-0.1, -0.05) is 13.3 Å². The predicted octanol–water partition coefficient (Wildman–Crippen LogP) is 1.46. The first-order chi connectivity index (χ1) is 7.15. The van der Waals surface area contributed by atoms with Crippen molar-refractivity contribution in [2.45, 2.75) is 32.7 Å². The fourth-order valence-corrected chi connectivity index (χ4v) is 1.28. The summed E-state index contributed by atoms with van der Waals surface area (Å²) in [6, 6.07) is 1.34. The Balaban J connectivity index is 2.62. The number of carbonyl (C=O) groups excluding carboxylic acids is 1. The molecule has 1 rings (SSSR count). The summed E-state index contributed by atoms with van der Waals surface area (Å²) >= 11 is 0. The summed E-state index contributed by atoms with van der Waals surface area (Å²) in [6.45, 7) is 3.90. The van der Waals surface area contributed by atoms with E-state index in [1.807, 2.05) is 13.8 Å². The number of hydrogen-bond acceptors (Lipinski definition) is 3. The molecule has 3 N–H and O–H groups in total. The second-order valence-corrected chi connectivity index (χ2v) is 3.58. The van der Waals surface area contributed by atoms with Crippen molar-refractivity contribution in [1.29, 1.82) is 0 Å². The molecule has 0 spiro atoms. The van der Waals surface area contributed by atoms with Crippen LogP contribution in [-0.4, -0.2) is 16.9 Å². The van der Waals surface area contributed by atoms with Crippen LogP contribution in [0.25, 0.3) is 0 Å². The molecule has 82 valence electrons. The molecule has 1 aromatic heterocycles. The Morgan fingerprint density at radius 2 is 2.40 bits per heavy atom. The van der Waals surface area contributed by atoms with E-state index in [0.29, 0.717) is 6.42 Å². The zero-order valence-electron chi connectivity index (χ0n) is 9.16. The van der Waals surface area contributed by atoms with Gasteiger partial charge >= 0.3 is 0 Å². The number of hydrogen-bond donors (Lipinski definition) is 2. The van der Waals surface area contributed by atoms with Gasteiger partial charge in [0.15, 0.2) is 0 Å². The SMILES string of the molecule is CCC[C@H](N)C(=O)Nc1ccncc1C. The molecule has 4 nitrogen and oxygen atoms in total. The Hall–Kier alpha value is -1.42. The molecule has 1 amide bonds. The van der Waals surface area contributed by atoms with E-state index < -0.39 is 6.04 Å². The van der Waals surface area contributed by atoms with Crippen LogP contribution in [0.2, 0.25) is 0 Å². The zero-order valence-corrected chi connectivity index (χ0v) is 9.16. The fraction of sp³-hybridized carbons (Fsp3) is 0.455. The van der Waals surface area contributed by atoms with E-state index in [4.69, 9.17) is 5.73 Å². The highest BCUT2D eigenvalue weighted by atomic mass is 16.2. The highest BCUT2D eigenvalue weighted by molar-refractivity contribution is 5.95. The molecule has 0 unspecified atom stereocenters. The van der Waals surface area contributed by atoms with Gasteiger partial charge in [0, 0.05) is 18.1 Å². The average Bonchev–Trinajstić information content (AvgIpc) is 2.21. The fourth-order valence-electron chi connectivity index (χ4n) is 1.28. The molecule has 15 heavy (non-hydrogen) atoms. The molecule has 0 radical (unpaired) electrons. The molecule has 1 heterocycles. The highest BCUT2D eigenvalue weighted by Crippen LogP contribution is 2.12. The van der Waals surface area contributed by atoms with Gasteiger partial charge in [-0.2, -0.15) is 0 Å². The minimum absolute atomic E-state index is 0.133. The van der Waals surface area contributed by atoms with Crippen LogP contribution in [0.1, 0.15) is 25.3 Å². The number of amides is 1. The molecule has 0 aliphatic heterocycles. The van der Waals surface area contributed by atoms with Crippen molar-refractivity contribution in [3.8, 4) is 0 Å². The quantitative estimate of drug-likeness (QED) is 0.785. The molecule has 0 saturated carbocycles. The Labute approximate surface area is 89.9 Å². The van der Waals surface area contributed by atoms with E-state index in [1.54, 1.807) is 18.5 Å². The topological polar surface area (TPSA) is 68.0 Å². The predicted molar refractivity (Wildman–Crippen MR) is 60.5 cm³/mol.